The largest absolute Gasteiger partial charge is 0.497 e. The third-order valence-corrected chi connectivity index (χ3v) is 8.43. The molecule has 34 heavy (non-hydrogen) atoms. The van der Waals surface area contributed by atoms with Crippen molar-refractivity contribution in [2.24, 2.45) is 0 Å². The van der Waals surface area contributed by atoms with Crippen molar-refractivity contribution in [2.45, 2.75) is 30.2 Å². The number of benzene rings is 2. The van der Waals surface area contributed by atoms with Gasteiger partial charge in [-0.2, -0.15) is 4.31 Å². The minimum Gasteiger partial charge on any atom is -0.497 e. The SMILES string of the molecule is COc1ccc([C@@H](CNC(=O)c2ccc(S(=O)(=O)N3CCOCC3)cc2)N2CCCCC2)cc1. The molecule has 184 valence electrons. The highest BCUT2D eigenvalue weighted by molar-refractivity contribution is 7.89. The van der Waals surface area contributed by atoms with Crippen LogP contribution in [0.3, 0.4) is 0 Å². The molecule has 2 aliphatic rings. The fourth-order valence-electron chi connectivity index (χ4n) is 4.52. The summed E-state index contributed by atoms with van der Waals surface area (Å²) >= 11 is 0. The Morgan fingerprint density at radius 2 is 1.62 bits per heavy atom. The first kappa shape index (κ1) is 24.7. The van der Waals surface area contributed by atoms with Crippen LogP contribution >= 0.6 is 0 Å². The zero-order chi connectivity index (χ0) is 24.0. The van der Waals surface area contributed by atoms with E-state index in [0.717, 1.165) is 37.2 Å². The highest BCUT2D eigenvalue weighted by Gasteiger charge is 2.27. The van der Waals surface area contributed by atoms with E-state index in [0.29, 0.717) is 38.4 Å². The molecule has 0 saturated carbocycles. The van der Waals surface area contributed by atoms with Crippen molar-refractivity contribution in [1.29, 1.82) is 0 Å². The average Bonchev–Trinajstić information content (AvgIpc) is 2.90. The maximum atomic E-state index is 12.9. The zero-order valence-electron chi connectivity index (χ0n) is 19.6. The lowest BCUT2D eigenvalue weighted by molar-refractivity contribution is 0.0730. The van der Waals surface area contributed by atoms with Gasteiger partial charge in [0.2, 0.25) is 10.0 Å². The number of ether oxygens (including phenoxy) is 2. The van der Waals surface area contributed by atoms with E-state index in [-0.39, 0.29) is 16.8 Å². The smallest absolute Gasteiger partial charge is 0.251 e. The van der Waals surface area contributed by atoms with E-state index in [1.807, 2.05) is 12.1 Å². The van der Waals surface area contributed by atoms with Gasteiger partial charge in [0.15, 0.2) is 0 Å². The van der Waals surface area contributed by atoms with Crippen LogP contribution in [0.1, 0.15) is 41.2 Å². The summed E-state index contributed by atoms with van der Waals surface area (Å²) in [5.41, 5.74) is 1.57. The number of rotatable bonds is 8. The van der Waals surface area contributed by atoms with Gasteiger partial charge in [0.05, 0.1) is 31.3 Å². The lowest BCUT2D eigenvalue weighted by Gasteiger charge is -2.35. The number of nitrogens with one attached hydrogen (secondary N) is 1. The second-order valence-corrected chi connectivity index (χ2v) is 10.6. The van der Waals surface area contributed by atoms with E-state index in [4.69, 9.17) is 9.47 Å². The summed E-state index contributed by atoms with van der Waals surface area (Å²) < 4.78 is 37.6. The quantitative estimate of drug-likeness (QED) is 0.616. The summed E-state index contributed by atoms with van der Waals surface area (Å²) in [4.78, 5) is 15.5. The van der Waals surface area contributed by atoms with E-state index in [9.17, 15) is 13.2 Å². The third-order valence-electron chi connectivity index (χ3n) is 6.51. The van der Waals surface area contributed by atoms with Crippen molar-refractivity contribution in [3.8, 4) is 5.75 Å². The van der Waals surface area contributed by atoms with Gasteiger partial charge in [0, 0.05) is 25.2 Å². The Morgan fingerprint density at radius 3 is 2.24 bits per heavy atom. The normalized spacial score (nSPS) is 18.9. The molecule has 0 unspecified atom stereocenters. The van der Waals surface area contributed by atoms with Crippen molar-refractivity contribution >= 4 is 15.9 Å². The lowest BCUT2D eigenvalue weighted by atomic mass is 10.0. The molecule has 4 rings (SSSR count). The van der Waals surface area contributed by atoms with E-state index >= 15 is 0 Å². The predicted molar refractivity (Wildman–Crippen MR) is 130 cm³/mol. The number of carbonyl (C=O) groups excluding carboxylic acids is 1. The Labute approximate surface area is 201 Å². The van der Waals surface area contributed by atoms with E-state index in [2.05, 4.69) is 22.3 Å². The average molecular weight is 488 g/mol. The number of likely N-dealkylation sites (tertiary alicyclic amines) is 1. The number of amides is 1. The molecule has 0 spiro atoms. The molecule has 2 aromatic rings. The van der Waals surface area contributed by atoms with Crippen LogP contribution < -0.4 is 10.1 Å². The van der Waals surface area contributed by atoms with Crippen molar-refractivity contribution < 1.29 is 22.7 Å². The summed E-state index contributed by atoms with van der Waals surface area (Å²) in [6.45, 7) is 3.94. The van der Waals surface area contributed by atoms with Gasteiger partial charge in [-0.25, -0.2) is 8.42 Å². The molecule has 2 heterocycles. The summed E-state index contributed by atoms with van der Waals surface area (Å²) in [6.07, 6.45) is 3.54. The molecule has 1 N–H and O–H groups in total. The van der Waals surface area contributed by atoms with E-state index in [1.165, 1.54) is 22.9 Å². The first-order valence-corrected chi connectivity index (χ1v) is 13.3. The summed E-state index contributed by atoms with van der Waals surface area (Å²) in [6, 6.07) is 14.2. The summed E-state index contributed by atoms with van der Waals surface area (Å²) in [5.74, 6) is 0.586. The van der Waals surface area contributed by atoms with Crippen LogP contribution in [0.15, 0.2) is 53.4 Å². The second-order valence-electron chi connectivity index (χ2n) is 8.64. The number of sulfonamides is 1. The fourth-order valence-corrected chi connectivity index (χ4v) is 5.93. The Bertz CT molecular complexity index is 1040. The molecule has 0 aliphatic carbocycles. The molecular weight excluding hydrogens is 454 g/mol. The number of hydrogen-bond donors (Lipinski definition) is 1. The standard InChI is InChI=1S/C25H33N3O5S/c1-32-22-9-5-20(6-10-22)24(27-13-3-2-4-14-27)19-26-25(29)21-7-11-23(12-8-21)34(30,31)28-15-17-33-18-16-28/h5-12,24H,2-4,13-19H2,1H3,(H,26,29)/t24-/m1/s1. The molecule has 0 bridgehead atoms. The molecule has 2 aromatic carbocycles. The van der Waals surface area contributed by atoms with Crippen LogP contribution in [0.4, 0.5) is 0 Å². The molecular formula is C25H33N3O5S. The third kappa shape index (κ3) is 5.78. The maximum Gasteiger partial charge on any atom is 0.251 e. The Kier molecular flexibility index (Phi) is 8.20. The van der Waals surface area contributed by atoms with Crippen LogP contribution in [-0.2, 0) is 14.8 Å². The van der Waals surface area contributed by atoms with Crippen molar-refractivity contribution in [2.75, 3.05) is 53.0 Å². The summed E-state index contributed by atoms with van der Waals surface area (Å²) in [7, 11) is -1.93. The highest BCUT2D eigenvalue weighted by atomic mass is 32.2. The first-order valence-electron chi connectivity index (χ1n) is 11.8. The van der Waals surface area contributed by atoms with Gasteiger partial charge in [-0.3, -0.25) is 9.69 Å². The lowest BCUT2D eigenvalue weighted by Crippen LogP contribution is -2.41. The van der Waals surface area contributed by atoms with E-state index in [1.54, 1.807) is 19.2 Å². The molecule has 2 fully saturated rings. The van der Waals surface area contributed by atoms with Crippen LogP contribution in [-0.4, -0.2) is 76.6 Å². The molecule has 9 heteroatoms. The maximum absolute atomic E-state index is 12.9. The minimum atomic E-state index is -3.58. The summed E-state index contributed by atoms with van der Waals surface area (Å²) in [5, 5.41) is 3.06. The molecule has 2 aliphatic heterocycles. The molecule has 1 amide bonds. The van der Waals surface area contributed by atoms with Gasteiger partial charge in [-0.1, -0.05) is 18.6 Å². The monoisotopic (exact) mass is 487 g/mol. The Morgan fingerprint density at radius 1 is 0.971 bits per heavy atom. The van der Waals surface area contributed by atoms with Crippen LogP contribution in [0.25, 0.3) is 0 Å². The van der Waals surface area contributed by atoms with Gasteiger partial charge in [0.25, 0.3) is 5.91 Å². The van der Waals surface area contributed by atoms with Crippen molar-refractivity contribution in [1.82, 2.24) is 14.5 Å². The van der Waals surface area contributed by atoms with Gasteiger partial charge in [0.1, 0.15) is 5.75 Å². The van der Waals surface area contributed by atoms with E-state index < -0.39 is 10.0 Å². The molecule has 0 aromatic heterocycles. The minimum absolute atomic E-state index is 0.0659. The predicted octanol–water partition coefficient (Wildman–Crippen LogP) is 2.67. The van der Waals surface area contributed by atoms with Gasteiger partial charge in [-0.15, -0.1) is 0 Å². The Balaban J connectivity index is 1.43. The molecule has 2 saturated heterocycles. The number of carbonyl (C=O) groups is 1. The van der Waals surface area contributed by atoms with Crippen LogP contribution in [0, 0.1) is 0 Å². The first-order chi connectivity index (χ1) is 16.5. The topological polar surface area (TPSA) is 88.2 Å². The molecule has 1 atom stereocenters. The molecule has 8 nitrogen and oxygen atoms in total. The number of piperidine rings is 1. The number of morpholine rings is 1. The number of methoxy groups -OCH3 is 1. The van der Waals surface area contributed by atoms with Gasteiger partial charge < -0.3 is 14.8 Å². The van der Waals surface area contributed by atoms with Crippen LogP contribution in [0.2, 0.25) is 0 Å². The highest BCUT2D eigenvalue weighted by Crippen LogP contribution is 2.26. The number of nitrogens with zero attached hydrogens (tertiary/aromatic N) is 2. The van der Waals surface area contributed by atoms with Crippen LogP contribution in [0.5, 0.6) is 5.75 Å². The number of hydrogen-bond acceptors (Lipinski definition) is 6. The van der Waals surface area contributed by atoms with Crippen molar-refractivity contribution in [3.63, 3.8) is 0 Å². The Hall–Kier alpha value is -2.46. The van der Waals surface area contributed by atoms with Gasteiger partial charge >= 0.3 is 0 Å². The van der Waals surface area contributed by atoms with Crippen molar-refractivity contribution in [3.05, 3.63) is 59.7 Å². The fraction of sp³-hybridized carbons (Fsp3) is 0.480. The second kappa shape index (κ2) is 11.3. The zero-order valence-corrected chi connectivity index (χ0v) is 20.4. The molecule has 0 radical (unpaired) electrons. The van der Waals surface area contributed by atoms with Gasteiger partial charge in [-0.05, 0) is 67.9 Å².